The summed E-state index contributed by atoms with van der Waals surface area (Å²) in [6, 6.07) is 23.9. The van der Waals surface area contributed by atoms with Gasteiger partial charge in [0.2, 0.25) is 5.78 Å². The predicted octanol–water partition coefficient (Wildman–Crippen LogP) is 4.97. The number of halogens is 1. The molecule has 30 heavy (non-hydrogen) atoms. The van der Waals surface area contributed by atoms with E-state index in [4.69, 9.17) is 16.3 Å². The van der Waals surface area contributed by atoms with E-state index < -0.39 is 12.0 Å². The van der Waals surface area contributed by atoms with Crippen LogP contribution in [0.15, 0.2) is 83.7 Å². The van der Waals surface area contributed by atoms with Crippen LogP contribution in [0.2, 0.25) is 5.02 Å². The van der Waals surface area contributed by atoms with E-state index in [0.717, 1.165) is 16.5 Å². The molecule has 148 valence electrons. The predicted molar refractivity (Wildman–Crippen MR) is 118 cm³/mol. The van der Waals surface area contributed by atoms with Crippen LogP contribution in [0.1, 0.15) is 27.4 Å². The number of fused-ring (bicyclic) bond motifs is 3. The van der Waals surface area contributed by atoms with Crippen LogP contribution in [0.3, 0.4) is 0 Å². The van der Waals surface area contributed by atoms with Crippen molar-refractivity contribution < 1.29 is 9.53 Å². The minimum atomic E-state index is -0.831. The van der Waals surface area contributed by atoms with Crippen molar-refractivity contribution in [1.29, 1.82) is 0 Å². The molecule has 0 N–H and O–H groups in total. The maximum Gasteiger partial charge on any atom is 0.258 e. The highest BCUT2D eigenvalue weighted by Crippen LogP contribution is 2.45. The zero-order valence-corrected chi connectivity index (χ0v) is 17.0. The second-order valence-corrected chi connectivity index (χ2v) is 7.86. The van der Waals surface area contributed by atoms with E-state index in [1.54, 1.807) is 35.9 Å². The fourth-order valence-electron chi connectivity index (χ4n) is 4.22. The van der Waals surface area contributed by atoms with E-state index in [-0.39, 0.29) is 11.3 Å². The highest BCUT2D eigenvalue weighted by Gasteiger charge is 2.43. The number of aromatic nitrogens is 1. The molecule has 1 aliphatic heterocycles. The molecule has 2 heterocycles. The zero-order chi connectivity index (χ0) is 20.8. The largest absolute Gasteiger partial charge is 0.480 e. The van der Waals surface area contributed by atoms with Gasteiger partial charge < -0.3 is 9.30 Å². The van der Waals surface area contributed by atoms with Crippen molar-refractivity contribution in [3.8, 4) is 5.75 Å². The second kappa shape index (κ2) is 7.15. The molecule has 1 aromatic heterocycles. The number of benzene rings is 3. The van der Waals surface area contributed by atoms with Gasteiger partial charge in [-0.3, -0.25) is 9.59 Å². The summed E-state index contributed by atoms with van der Waals surface area (Å²) < 4.78 is 7.89. The lowest BCUT2D eigenvalue weighted by Gasteiger charge is -2.18. The molecule has 0 spiro atoms. The molecule has 4 aromatic rings. The highest BCUT2D eigenvalue weighted by molar-refractivity contribution is 6.30. The van der Waals surface area contributed by atoms with Gasteiger partial charge in [-0.05, 0) is 29.8 Å². The van der Waals surface area contributed by atoms with E-state index in [1.165, 1.54) is 0 Å². The van der Waals surface area contributed by atoms with Crippen LogP contribution in [0.5, 0.6) is 5.75 Å². The molecule has 0 bridgehead atoms. The first-order valence-corrected chi connectivity index (χ1v) is 10.1. The van der Waals surface area contributed by atoms with Crippen LogP contribution in [0.25, 0.3) is 10.9 Å². The molecule has 0 fully saturated rings. The minimum Gasteiger partial charge on any atom is -0.480 e. The Kier molecular flexibility index (Phi) is 4.44. The fraction of sp³-hybridized carbons (Fsp3) is 0.120. The number of hydrogen-bond donors (Lipinski definition) is 0. The Hall–Kier alpha value is -3.37. The van der Waals surface area contributed by atoms with Gasteiger partial charge in [0, 0.05) is 23.0 Å². The van der Waals surface area contributed by atoms with Gasteiger partial charge in [-0.25, -0.2) is 0 Å². The number of Topliss-reactive ketones (excluding diaryl/α,β-unsaturated/α-hetero) is 1. The molecule has 1 aliphatic rings. The van der Waals surface area contributed by atoms with E-state index in [0.29, 0.717) is 21.9 Å². The molecule has 2 atom stereocenters. The number of nitrogens with zero attached hydrogens (tertiary/aromatic N) is 1. The molecular weight excluding hydrogens is 398 g/mol. The number of carbonyl (C=O) groups is 1. The Morgan fingerprint density at radius 2 is 1.60 bits per heavy atom. The van der Waals surface area contributed by atoms with Crippen molar-refractivity contribution in [2.45, 2.75) is 12.0 Å². The van der Waals surface area contributed by atoms with Gasteiger partial charge >= 0.3 is 0 Å². The fourth-order valence-corrected chi connectivity index (χ4v) is 4.35. The first-order valence-electron chi connectivity index (χ1n) is 9.69. The zero-order valence-electron chi connectivity index (χ0n) is 16.2. The minimum absolute atomic E-state index is 0.155. The lowest BCUT2D eigenvalue weighted by molar-refractivity contribution is 0.0808. The van der Waals surface area contributed by atoms with Gasteiger partial charge in [0.15, 0.2) is 6.10 Å². The molecule has 0 saturated heterocycles. The quantitative estimate of drug-likeness (QED) is 0.444. The Morgan fingerprint density at radius 1 is 0.933 bits per heavy atom. The average Bonchev–Trinajstić information content (AvgIpc) is 3.19. The molecule has 0 radical (unpaired) electrons. The summed E-state index contributed by atoms with van der Waals surface area (Å²) in [5.41, 5.74) is 2.49. The Bertz CT molecular complexity index is 1330. The SMILES string of the molecule is Cn1c(=O)c2c(c3ccccc31)OC(C(=O)c1ccccc1)C2c1ccc(Cl)cc1. The molecular formula is C25H18ClNO3. The number of carbonyl (C=O) groups excluding carboxylic acids is 1. The molecule has 5 rings (SSSR count). The number of aryl methyl sites for hydroxylation is 1. The van der Waals surface area contributed by atoms with E-state index in [9.17, 15) is 9.59 Å². The summed E-state index contributed by atoms with van der Waals surface area (Å²) >= 11 is 6.08. The third kappa shape index (κ3) is 2.84. The molecule has 3 aromatic carbocycles. The van der Waals surface area contributed by atoms with Gasteiger partial charge in [-0.15, -0.1) is 0 Å². The second-order valence-electron chi connectivity index (χ2n) is 7.42. The van der Waals surface area contributed by atoms with Gasteiger partial charge in [0.25, 0.3) is 5.56 Å². The average molecular weight is 416 g/mol. The number of ketones is 1. The first-order chi connectivity index (χ1) is 14.6. The summed E-state index contributed by atoms with van der Waals surface area (Å²) in [6.45, 7) is 0. The summed E-state index contributed by atoms with van der Waals surface area (Å²) in [6.07, 6.45) is -0.831. The monoisotopic (exact) mass is 415 g/mol. The van der Waals surface area contributed by atoms with Gasteiger partial charge in [-0.2, -0.15) is 0 Å². The van der Waals surface area contributed by atoms with Crippen molar-refractivity contribution in [3.63, 3.8) is 0 Å². The normalized spacial score (nSPS) is 17.5. The molecule has 4 nitrogen and oxygen atoms in total. The standard InChI is InChI=1S/C25H18ClNO3/c1-27-19-10-6-5-9-18(19)23-21(25(27)29)20(15-11-13-17(26)14-12-15)24(30-23)22(28)16-7-3-2-4-8-16/h2-14,20,24H,1H3. The van der Waals surface area contributed by atoms with Gasteiger partial charge in [0.05, 0.1) is 17.0 Å². The number of para-hydroxylation sites is 1. The molecule has 0 aliphatic carbocycles. The lowest BCUT2D eigenvalue weighted by atomic mass is 9.85. The Labute approximate surface area is 178 Å². The highest BCUT2D eigenvalue weighted by atomic mass is 35.5. The summed E-state index contributed by atoms with van der Waals surface area (Å²) in [5.74, 6) is -0.186. The van der Waals surface area contributed by atoms with Gasteiger partial charge in [0.1, 0.15) is 5.75 Å². The third-order valence-corrected chi connectivity index (χ3v) is 5.95. The number of ether oxygens (including phenoxy) is 1. The Balaban J connectivity index is 1.77. The number of hydrogen-bond acceptors (Lipinski definition) is 3. The van der Waals surface area contributed by atoms with Crippen LogP contribution in [-0.4, -0.2) is 16.5 Å². The van der Waals surface area contributed by atoms with Crippen molar-refractivity contribution in [2.24, 2.45) is 7.05 Å². The molecule has 0 amide bonds. The first kappa shape index (κ1) is 18.6. The van der Waals surface area contributed by atoms with Crippen molar-refractivity contribution >= 4 is 28.3 Å². The van der Waals surface area contributed by atoms with Crippen LogP contribution >= 0.6 is 11.6 Å². The lowest BCUT2D eigenvalue weighted by Crippen LogP contribution is -2.32. The van der Waals surface area contributed by atoms with Crippen molar-refractivity contribution in [1.82, 2.24) is 4.57 Å². The van der Waals surface area contributed by atoms with Crippen LogP contribution in [-0.2, 0) is 7.05 Å². The van der Waals surface area contributed by atoms with Gasteiger partial charge in [-0.1, -0.05) is 66.2 Å². The van der Waals surface area contributed by atoms with Crippen LogP contribution < -0.4 is 10.3 Å². The third-order valence-electron chi connectivity index (χ3n) is 5.69. The van der Waals surface area contributed by atoms with E-state index >= 15 is 0 Å². The van der Waals surface area contributed by atoms with E-state index in [2.05, 4.69) is 0 Å². The maximum atomic E-state index is 13.4. The van der Waals surface area contributed by atoms with Crippen LogP contribution in [0.4, 0.5) is 0 Å². The summed E-state index contributed by atoms with van der Waals surface area (Å²) in [5, 5.41) is 1.41. The summed E-state index contributed by atoms with van der Waals surface area (Å²) in [7, 11) is 1.75. The smallest absolute Gasteiger partial charge is 0.258 e. The topological polar surface area (TPSA) is 48.3 Å². The number of pyridine rings is 1. The van der Waals surface area contributed by atoms with E-state index in [1.807, 2.05) is 54.6 Å². The number of rotatable bonds is 3. The van der Waals surface area contributed by atoms with Crippen LogP contribution in [0, 0.1) is 0 Å². The Morgan fingerprint density at radius 3 is 2.33 bits per heavy atom. The molecule has 5 heteroatoms. The maximum absolute atomic E-state index is 13.4. The summed E-state index contributed by atoms with van der Waals surface area (Å²) in [4.78, 5) is 26.8. The molecule has 2 unspecified atom stereocenters. The van der Waals surface area contributed by atoms with Crippen molar-refractivity contribution in [3.05, 3.63) is 111 Å². The molecule has 0 saturated carbocycles. The van der Waals surface area contributed by atoms with Crippen molar-refractivity contribution in [2.75, 3.05) is 0 Å².